The zero-order valence-electron chi connectivity index (χ0n) is 21.1. The Morgan fingerprint density at radius 3 is 2.29 bits per heavy atom. The second-order valence-electron chi connectivity index (χ2n) is 9.58. The van der Waals surface area contributed by atoms with Gasteiger partial charge < -0.3 is 10.3 Å². The molecular formula is C32H35N3. The summed E-state index contributed by atoms with van der Waals surface area (Å²) >= 11 is 0. The van der Waals surface area contributed by atoms with Crippen molar-refractivity contribution in [3.63, 3.8) is 0 Å². The Morgan fingerprint density at radius 1 is 0.800 bits per heavy atom. The van der Waals surface area contributed by atoms with Crippen molar-refractivity contribution in [3.05, 3.63) is 96.2 Å². The van der Waals surface area contributed by atoms with Gasteiger partial charge in [-0.05, 0) is 61.1 Å². The number of para-hydroxylation sites is 1. The number of hydrogen-bond donors (Lipinski definition) is 1. The molecule has 0 unspecified atom stereocenters. The lowest BCUT2D eigenvalue weighted by atomic mass is 9.82. The summed E-state index contributed by atoms with van der Waals surface area (Å²) in [5.74, 6) is 0. The molecule has 2 heterocycles. The van der Waals surface area contributed by atoms with Gasteiger partial charge >= 0.3 is 0 Å². The molecule has 0 aliphatic heterocycles. The molecule has 0 aliphatic rings. The maximum atomic E-state index is 6.80. The SMILES string of the molecule is CCCCc1cccc2c1c1ccccc1n2-c1ccc(-c2ccccc2C(N)(CC)CC)nc1. The first-order valence-electron chi connectivity index (χ1n) is 13.0. The number of nitrogens with zero attached hydrogens (tertiary/aromatic N) is 2. The fraction of sp³-hybridized carbons (Fsp3) is 0.281. The van der Waals surface area contributed by atoms with E-state index < -0.39 is 0 Å². The third-order valence-corrected chi connectivity index (χ3v) is 7.59. The smallest absolute Gasteiger partial charge is 0.0707 e. The van der Waals surface area contributed by atoms with Gasteiger partial charge in [0.25, 0.3) is 0 Å². The fourth-order valence-electron chi connectivity index (χ4n) is 5.40. The Balaban J connectivity index is 1.65. The van der Waals surface area contributed by atoms with E-state index in [1.807, 2.05) is 6.20 Å². The number of pyridine rings is 1. The van der Waals surface area contributed by atoms with Crippen LogP contribution in [-0.2, 0) is 12.0 Å². The topological polar surface area (TPSA) is 43.8 Å². The third kappa shape index (κ3) is 4.04. The van der Waals surface area contributed by atoms with Crippen LogP contribution in [0.5, 0.6) is 0 Å². The highest BCUT2D eigenvalue weighted by Crippen LogP contribution is 2.36. The van der Waals surface area contributed by atoms with E-state index in [0.717, 1.165) is 36.2 Å². The first-order valence-corrected chi connectivity index (χ1v) is 13.0. The molecule has 0 saturated heterocycles. The molecule has 0 amide bonds. The molecule has 0 aliphatic carbocycles. The first kappa shape index (κ1) is 23.3. The fourth-order valence-corrected chi connectivity index (χ4v) is 5.40. The van der Waals surface area contributed by atoms with Crippen LogP contribution in [0.2, 0.25) is 0 Å². The minimum atomic E-state index is -0.349. The lowest BCUT2D eigenvalue weighted by Crippen LogP contribution is -2.35. The van der Waals surface area contributed by atoms with Crippen molar-refractivity contribution in [1.82, 2.24) is 9.55 Å². The van der Waals surface area contributed by atoms with Crippen LogP contribution in [0.4, 0.5) is 0 Å². The zero-order chi connectivity index (χ0) is 24.4. The van der Waals surface area contributed by atoms with Crippen LogP contribution >= 0.6 is 0 Å². The molecule has 0 saturated carbocycles. The highest BCUT2D eigenvalue weighted by Gasteiger charge is 2.26. The summed E-state index contributed by atoms with van der Waals surface area (Å²) in [6.07, 6.45) is 7.29. The van der Waals surface area contributed by atoms with E-state index in [9.17, 15) is 0 Å². The molecule has 5 aromatic rings. The molecule has 2 aromatic heterocycles. The third-order valence-electron chi connectivity index (χ3n) is 7.59. The number of aryl methyl sites for hydroxylation is 1. The van der Waals surface area contributed by atoms with Gasteiger partial charge in [0, 0.05) is 21.9 Å². The largest absolute Gasteiger partial charge is 0.321 e. The summed E-state index contributed by atoms with van der Waals surface area (Å²) in [6.45, 7) is 6.58. The van der Waals surface area contributed by atoms with Gasteiger partial charge in [-0.1, -0.05) is 81.8 Å². The Bertz CT molecular complexity index is 1460. The maximum Gasteiger partial charge on any atom is 0.0707 e. The van der Waals surface area contributed by atoms with Crippen molar-refractivity contribution >= 4 is 21.8 Å². The van der Waals surface area contributed by atoms with E-state index in [2.05, 4.69) is 104 Å². The quantitative estimate of drug-likeness (QED) is 0.253. The zero-order valence-corrected chi connectivity index (χ0v) is 21.1. The minimum absolute atomic E-state index is 0.349. The summed E-state index contributed by atoms with van der Waals surface area (Å²) in [6, 6.07) is 28.2. The van der Waals surface area contributed by atoms with E-state index in [0.29, 0.717) is 0 Å². The number of benzene rings is 3. The summed E-state index contributed by atoms with van der Waals surface area (Å²) in [4.78, 5) is 4.96. The number of hydrogen-bond acceptors (Lipinski definition) is 2. The lowest BCUT2D eigenvalue weighted by Gasteiger charge is -2.29. The predicted molar refractivity (Wildman–Crippen MR) is 149 cm³/mol. The van der Waals surface area contributed by atoms with E-state index in [1.54, 1.807) is 0 Å². The average Bonchev–Trinajstić information content (AvgIpc) is 3.26. The molecule has 178 valence electrons. The van der Waals surface area contributed by atoms with Gasteiger partial charge in [0.15, 0.2) is 0 Å². The van der Waals surface area contributed by atoms with Crippen LogP contribution in [0.15, 0.2) is 85.1 Å². The summed E-state index contributed by atoms with van der Waals surface area (Å²) in [5.41, 5.74) is 14.7. The van der Waals surface area contributed by atoms with Gasteiger partial charge in [-0.3, -0.25) is 4.98 Å². The van der Waals surface area contributed by atoms with Crippen LogP contribution < -0.4 is 5.73 Å². The standard InChI is InChI=1S/C32H35N3/c1-4-7-13-23-14-12-19-30-31(23)26-16-9-11-18-29(26)35(30)24-20-21-28(34-22-24)25-15-8-10-17-27(25)32(33,5-2)6-3/h8-12,14-22H,4-7,13,33H2,1-3H3. The number of fused-ring (bicyclic) bond motifs is 3. The van der Waals surface area contributed by atoms with Crippen molar-refractivity contribution < 1.29 is 0 Å². The second-order valence-corrected chi connectivity index (χ2v) is 9.58. The van der Waals surface area contributed by atoms with Gasteiger partial charge in [-0.15, -0.1) is 0 Å². The number of nitrogens with two attached hydrogens (primary N) is 1. The number of unbranched alkanes of at least 4 members (excludes halogenated alkanes) is 1. The average molecular weight is 462 g/mol. The predicted octanol–water partition coefficient (Wildman–Crippen LogP) is 8.16. The summed E-state index contributed by atoms with van der Waals surface area (Å²) in [7, 11) is 0. The van der Waals surface area contributed by atoms with Gasteiger partial charge in [0.2, 0.25) is 0 Å². The van der Waals surface area contributed by atoms with Crippen molar-refractivity contribution in [2.24, 2.45) is 5.73 Å². The molecule has 0 bridgehead atoms. The normalized spacial score (nSPS) is 12.0. The molecule has 2 N–H and O–H groups in total. The highest BCUT2D eigenvalue weighted by atomic mass is 15.0. The molecule has 3 nitrogen and oxygen atoms in total. The van der Waals surface area contributed by atoms with Crippen molar-refractivity contribution in [2.45, 2.75) is 58.4 Å². The monoisotopic (exact) mass is 461 g/mol. The van der Waals surface area contributed by atoms with Crippen LogP contribution in [0.25, 0.3) is 38.8 Å². The highest BCUT2D eigenvalue weighted by molar-refractivity contribution is 6.10. The molecular weight excluding hydrogens is 426 g/mol. The van der Waals surface area contributed by atoms with Crippen LogP contribution in [0.1, 0.15) is 57.6 Å². The van der Waals surface area contributed by atoms with E-state index in [4.69, 9.17) is 10.7 Å². The van der Waals surface area contributed by atoms with Crippen molar-refractivity contribution in [3.8, 4) is 16.9 Å². The van der Waals surface area contributed by atoms with E-state index in [-0.39, 0.29) is 5.54 Å². The molecule has 3 heteroatoms. The van der Waals surface area contributed by atoms with Crippen LogP contribution in [0.3, 0.4) is 0 Å². The van der Waals surface area contributed by atoms with Gasteiger partial charge in [-0.2, -0.15) is 0 Å². The molecule has 5 rings (SSSR count). The van der Waals surface area contributed by atoms with Crippen LogP contribution in [0, 0.1) is 0 Å². The van der Waals surface area contributed by atoms with Crippen molar-refractivity contribution in [2.75, 3.05) is 0 Å². The Kier molecular flexibility index (Phi) is 6.44. The minimum Gasteiger partial charge on any atom is -0.321 e. The van der Waals surface area contributed by atoms with Gasteiger partial charge in [0.1, 0.15) is 0 Å². The second kappa shape index (κ2) is 9.67. The number of rotatable bonds is 8. The molecule has 0 radical (unpaired) electrons. The molecule has 0 fully saturated rings. The van der Waals surface area contributed by atoms with Crippen LogP contribution in [-0.4, -0.2) is 9.55 Å². The molecule has 35 heavy (non-hydrogen) atoms. The molecule has 0 atom stereocenters. The molecule has 3 aromatic carbocycles. The summed E-state index contributed by atoms with van der Waals surface area (Å²) < 4.78 is 2.36. The summed E-state index contributed by atoms with van der Waals surface area (Å²) in [5, 5.41) is 2.67. The first-order chi connectivity index (χ1) is 17.1. The lowest BCUT2D eigenvalue weighted by molar-refractivity contribution is 0.414. The Labute approximate surface area is 208 Å². The Morgan fingerprint density at radius 2 is 1.54 bits per heavy atom. The van der Waals surface area contributed by atoms with Gasteiger partial charge in [0.05, 0.1) is 28.6 Å². The van der Waals surface area contributed by atoms with Gasteiger partial charge in [-0.25, -0.2) is 0 Å². The molecule has 0 spiro atoms. The maximum absolute atomic E-state index is 6.80. The Hall–Kier alpha value is -3.43. The van der Waals surface area contributed by atoms with E-state index >= 15 is 0 Å². The van der Waals surface area contributed by atoms with Crippen molar-refractivity contribution in [1.29, 1.82) is 0 Å². The van der Waals surface area contributed by atoms with E-state index in [1.165, 1.54) is 45.8 Å². The number of aromatic nitrogens is 2.